The molecule has 0 unspecified atom stereocenters. The van der Waals surface area contributed by atoms with Crippen molar-refractivity contribution in [3.63, 3.8) is 0 Å². The Morgan fingerprint density at radius 2 is 0.597 bits per heavy atom. The van der Waals surface area contributed by atoms with Gasteiger partial charge in [0.1, 0.15) is 13.2 Å². The molecule has 0 aliphatic carbocycles. The molecule has 0 aliphatic rings. The SMILES string of the molecule is CC/C=C\C/C=C\C/C=C\C/C=C\C/C=C\CCCC(=O)OC[C@@H](COC(=O)CCCC/C=C\C/C=C\C/C=C\CCCCC)OC(=O)CCCCCC/C=C\C/C=C\C/C=C\CCCCC. The van der Waals surface area contributed by atoms with Crippen LogP contribution in [-0.4, -0.2) is 37.2 Å². The number of carbonyl (C=O) groups excluding carboxylic acids is 3. The van der Waals surface area contributed by atoms with Crippen LogP contribution >= 0.6 is 0 Å². The van der Waals surface area contributed by atoms with Crippen LogP contribution in [0.3, 0.4) is 0 Å². The van der Waals surface area contributed by atoms with Gasteiger partial charge in [0.05, 0.1) is 0 Å². The van der Waals surface area contributed by atoms with Crippen molar-refractivity contribution < 1.29 is 28.6 Å². The lowest BCUT2D eigenvalue weighted by molar-refractivity contribution is -0.167. The lowest BCUT2D eigenvalue weighted by atomic mass is 10.1. The van der Waals surface area contributed by atoms with Crippen LogP contribution in [-0.2, 0) is 28.6 Å². The second kappa shape index (κ2) is 54.2. The molecular weight excluding hydrogens is 829 g/mol. The standard InChI is InChI=1S/C61H96O6/c1-4-7-10-13-16-19-22-25-28-30-33-36-39-42-45-48-51-54-60(63)66-57-58(56-65-59(62)53-50-47-44-41-38-35-32-27-24-21-18-15-12-9-6-3)67-61(64)55-52-49-46-43-40-37-34-31-29-26-23-20-17-14-11-8-5-2/h7,10,16-21,25-29,32-34,36-38,41-42,45,58H,4-6,8-9,11-15,22-24,30-31,35,39-40,43-44,46-57H2,1-3H3/b10-7-,19-16-,20-17-,21-18-,28-25-,29-26-,32-27-,36-33-,37-34-,41-38-,45-42-/t58-/m1/s1. The van der Waals surface area contributed by atoms with Crippen molar-refractivity contribution in [2.75, 3.05) is 13.2 Å². The van der Waals surface area contributed by atoms with E-state index in [0.29, 0.717) is 12.8 Å². The molecule has 0 radical (unpaired) electrons. The van der Waals surface area contributed by atoms with Crippen molar-refractivity contribution in [2.24, 2.45) is 0 Å². The molecule has 6 heteroatoms. The first-order valence-electron chi connectivity index (χ1n) is 26.7. The molecule has 376 valence electrons. The summed E-state index contributed by atoms with van der Waals surface area (Å²) in [7, 11) is 0. The summed E-state index contributed by atoms with van der Waals surface area (Å²) in [6, 6.07) is 0. The Morgan fingerprint density at radius 3 is 0.985 bits per heavy atom. The Bertz CT molecular complexity index is 1480. The first-order chi connectivity index (χ1) is 33.0. The van der Waals surface area contributed by atoms with E-state index in [4.69, 9.17) is 14.2 Å². The van der Waals surface area contributed by atoms with E-state index >= 15 is 0 Å². The Hall–Kier alpha value is -4.45. The predicted octanol–water partition coefficient (Wildman–Crippen LogP) is 17.9. The summed E-state index contributed by atoms with van der Waals surface area (Å²) >= 11 is 0. The molecule has 1 atom stereocenters. The molecule has 0 N–H and O–H groups in total. The first kappa shape index (κ1) is 62.5. The van der Waals surface area contributed by atoms with Gasteiger partial charge < -0.3 is 14.2 Å². The molecule has 0 saturated heterocycles. The maximum atomic E-state index is 12.8. The van der Waals surface area contributed by atoms with Crippen LogP contribution in [0.15, 0.2) is 134 Å². The predicted molar refractivity (Wildman–Crippen MR) is 288 cm³/mol. The smallest absolute Gasteiger partial charge is 0.306 e. The maximum absolute atomic E-state index is 12.8. The fourth-order valence-corrected chi connectivity index (χ4v) is 6.61. The van der Waals surface area contributed by atoms with Gasteiger partial charge in [-0.3, -0.25) is 14.4 Å². The van der Waals surface area contributed by atoms with Crippen LogP contribution < -0.4 is 0 Å². The lowest BCUT2D eigenvalue weighted by Crippen LogP contribution is -2.30. The van der Waals surface area contributed by atoms with Crippen molar-refractivity contribution in [1.29, 1.82) is 0 Å². The average molecular weight is 925 g/mol. The van der Waals surface area contributed by atoms with Crippen LogP contribution in [0.2, 0.25) is 0 Å². The van der Waals surface area contributed by atoms with E-state index in [2.05, 4.69) is 154 Å². The van der Waals surface area contributed by atoms with Crippen molar-refractivity contribution >= 4 is 17.9 Å². The summed E-state index contributed by atoms with van der Waals surface area (Å²) in [4.78, 5) is 38.0. The normalized spacial score (nSPS) is 13.2. The molecule has 6 nitrogen and oxygen atoms in total. The number of hydrogen-bond donors (Lipinski definition) is 0. The molecule has 0 heterocycles. The Morgan fingerprint density at radius 1 is 0.313 bits per heavy atom. The topological polar surface area (TPSA) is 78.9 Å². The highest BCUT2D eigenvalue weighted by Crippen LogP contribution is 2.11. The van der Waals surface area contributed by atoms with E-state index in [-0.39, 0.29) is 50.4 Å². The molecule has 0 aliphatic heterocycles. The summed E-state index contributed by atoms with van der Waals surface area (Å²) in [5, 5.41) is 0. The molecule has 0 spiro atoms. The number of unbranched alkanes of at least 4 members (excludes halogenated alkanes) is 13. The zero-order valence-electron chi connectivity index (χ0n) is 42.9. The van der Waals surface area contributed by atoms with Gasteiger partial charge in [0.2, 0.25) is 0 Å². The second-order valence-corrected chi connectivity index (χ2v) is 17.0. The third-order valence-corrected chi connectivity index (χ3v) is 10.6. The zero-order chi connectivity index (χ0) is 48.6. The van der Waals surface area contributed by atoms with E-state index in [1.807, 2.05) is 0 Å². The lowest BCUT2D eigenvalue weighted by Gasteiger charge is -2.18. The quantitative estimate of drug-likeness (QED) is 0.0262. The highest BCUT2D eigenvalue weighted by atomic mass is 16.6. The van der Waals surface area contributed by atoms with E-state index in [9.17, 15) is 14.4 Å². The van der Waals surface area contributed by atoms with E-state index in [1.165, 1.54) is 51.4 Å². The van der Waals surface area contributed by atoms with Crippen LogP contribution in [0.1, 0.15) is 213 Å². The third-order valence-electron chi connectivity index (χ3n) is 10.6. The highest BCUT2D eigenvalue weighted by Gasteiger charge is 2.19. The zero-order valence-corrected chi connectivity index (χ0v) is 42.9. The highest BCUT2D eigenvalue weighted by molar-refractivity contribution is 5.71. The number of hydrogen-bond acceptors (Lipinski definition) is 6. The van der Waals surface area contributed by atoms with Gasteiger partial charge in [-0.15, -0.1) is 0 Å². The number of allylic oxidation sites excluding steroid dienone is 22. The largest absolute Gasteiger partial charge is 0.462 e. The molecule has 0 rings (SSSR count). The minimum atomic E-state index is -0.833. The first-order valence-corrected chi connectivity index (χ1v) is 26.7. The molecule has 0 aromatic rings. The van der Waals surface area contributed by atoms with E-state index in [0.717, 1.165) is 109 Å². The third kappa shape index (κ3) is 52.4. The number of ether oxygens (including phenoxy) is 3. The van der Waals surface area contributed by atoms with Crippen molar-refractivity contribution in [3.05, 3.63) is 134 Å². The van der Waals surface area contributed by atoms with Gasteiger partial charge in [0, 0.05) is 19.3 Å². The minimum Gasteiger partial charge on any atom is -0.462 e. The number of rotatable bonds is 46. The Labute approximate surface area is 411 Å². The molecule has 0 aromatic heterocycles. The molecule has 0 bridgehead atoms. The van der Waals surface area contributed by atoms with Gasteiger partial charge in [0.25, 0.3) is 0 Å². The summed E-state index contributed by atoms with van der Waals surface area (Å²) in [5.41, 5.74) is 0. The molecular formula is C61H96O6. The Kier molecular flexibility index (Phi) is 50.6. The summed E-state index contributed by atoms with van der Waals surface area (Å²) in [6.07, 6.45) is 75.8. The van der Waals surface area contributed by atoms with Crippen LogP contribution in [0.4, 0.5) is 0 Å². The van der Waals surface area contributed by atoms with Gasteiger partial charge in [-0.1, -0.05) is 193 Å². The monoisotopic (exact) mass is 925 g/mol. The van der Waals surface area contributed by atoms with Crippen LogP contribution in [0, 0.1) is 0 Å². The van der Waals surface area contributed by atoms with Crippen LogP contribution in [0.25, 0.3) is 0 Å². The van der Waals surface area contributed by atoms with Gasteiger partial charge in [-0.2, -0.15) is 0 Å². The van der Waals surface area contributed by atoms with E-state index < -0.39 is 6.10 Å². The maximum Gasteiger partial charge on any atom is 0.306 e. The minimum absolute atomic E-state index is 0.130. The van der Waals surface area contributed by atoms with Crippen molar-refractivity contribution in [1.82, 2.24) is 0 Å². The summed E-state index contributed by atoms with van der Waals surface area (Å²) in [5.74, 6) is -1.05. The molecule has 0 fully saturated rings. The van der Waals surface area contributed by atoms with Crippen molar-refractivity contribution in [3.8, 4) is 0 Å². The number of carbonyl (C=O) groups is 3. The molecule has 0 aromatic carbocycles. The fraction of sp³-hybridized carbons (Fsp3) is 0.590. The Balaban J connectivity index is 4.61. The van der Waals surface area contributed by atoms with Crippen LogP contribution in [0.5, 0.6) is 0 Å². The average Bonchev–Trinajstić information content (AvgIpc) is 3.33. The van der Waals surface area contributed by atoms with Gasteiger partial charge in [-0.25, -0.2) is 0 Å². The van der Waals surface area contributed by atoms with Crippen molar-refractivity contribution in [2.45, 2.75) is 219 Å². The molecule has 67 heavy (non-hydrogen) atoms. The van der Waals surface area contributed by atoms with Gasteiger partial charge in [0.15, 0.2) is 6.10 Å². The fourth-order valence-electron chi connectivity index (χ4n) is 6.61. The van der Waals surface area contributed by atoms with E-state index in [1.54, 1.807) is 0 Å². The van der Waals surface area contributed by atoms with Gasteiger partial charge in [-0.05, 0) is 135 Å². The summed E-state index contributed by atoms with van der Waals surface area (Å²) < 4.78 is 16.7. The van der Waals surface area contributed by atoms with Gasteiger partial charge >= 0.3 is 17.9 Å². The summed E-state index contributed by atoms with van der Waals surface area (Å²) in [6.45, 7) is 6.34. The molecule has 0 saturated carbocycles. The second-order valence-electron chi connectivity index (χ2n) is 17.0. The number of esters is 3. The molecule has 0 amide bonds.